The smallest absolute Gasteiger partial charge is 0.119 e. The van der Waals surface area contributed by atoms with Crippen LogP contribution in [0.4, 0.5) is 5.69 Å². The van der Waals surface area contributed by atoms with Gasteiger partial charge in [-0.2, -0.15) is 0 Å². The lowest BCUT2D eigenvalue weighted by Crippen LogP contribution is -2.29. The van der Waals surface area contributed by atoms with Gasteiger partial charge in [-0.05, 0) is 70.8 Å². The number of hydrogen-bond donors (Lipinski definition) is 1. The zero-order valence-electron chi connectivity index (χ0n) is 18.8. The Bertz CT molecular complexity index is 1130. The summed E-state index contributed by atoms with van der Waals surface area (Å²) in [5, 5.41) is 6.52. The molecule has 1 N–H and O–H groups in total. The van der Waals surface area contributed by atoms with Gasteiger partial charge in [-0.3, -0.25) is 0 Å². The lowest BCUT2D eigenvalue weighted by molar-refractivity contribution is 0.246. The molecule has 32 heavy (non-hydrogen) atoms. The zero-order valence-corrected chi connectivity index (χ0v) is 18.8. The molecule has 2 nitrogen and oxygen atoms in total. The minimum absolute atomic E-state index is 0.338. The van der Waals surface area contributed by atoms with Gasteiger partial charge in [-0.15, -0.1) is 0 Å². The zero-order chi connectivity index (χ0) is 21.3. The van der Waals surface area contributed by atoms with Crippen LogP contribution in [0.2, 0.25) is 0 Å². The number of allylic oxidation sites excluding steroid dienone is 2. The summed E-state index contributed by atoms with van der Waals surface area (Å²) in [6, 6.07) is 22.6. The molecule has 2 heteroatoms. The number of benzene rings is 3. The number of anilines is 1. The van der Waals surface area contributed by atoms with Gasteiger partial charge in [0.05, 0.1) is 12.6 Å². The topological polar surface area (TPSA) is 21.3 Å². The van der Waals surface area contributed by atoms with E-state index in [9.17, 15) is 0 Å². The number of fused-ring (bicyclic) bond motifs is 4. The summed E-state index contributed by atoms with van der Waals surface area (Å²) in [4.78, 5) is 0. The Morgan fingerprint density at radius 2 is 1.75 bits per heavy atom. The van der Waals surface area contributed by atoms with Gasteiger partial charge >= 0.3 is 0 Å². The van der Waals surface area contributed by atoms with Crippen molar-refractivity contribution in [3.8, 4) is 5.75 Å². The average Bonchev–Trinajstić information content (AvgIpc) is 3.34. The summed E-state index contributed by atoms with van der Waals surface area (Å²) in [6.45, 7) is 0.848. The van der Waals surface area contributed by atoms with Gasteiger partial charge in [0.25, 0.3) is 0 Å². The standard InChI is InChI=1S/C30H33NO/c1-2-7-21(8-3-1)17-18-32-25-15-16-29-28(20-25)26-11-6-12-27(26)30(31-29)24-14-13-22-9-4-5-10-23(22)19-24/h4-6,9-11,13-16,19-21,26-27,30-31H,1-3,7-8,12,17-18H2. The van der Waals surface area contributed by atoms with Crippen molar-refractivity contribution >= 4 is 16.5 Å². The van der Waals surface area contributed by atoms with Gasteiger partial charge in [0.1, 0.15) is 5.75 Å². The van der Waals surface area contributed by atoms with Crippen molar-refractivity contribution in [1.29, 1.82) is 0 Å². The van der Waals surface area contributed by atoms with Crippen molar-refractivity contribution in [2.75, 3.05) is 11.9 Å². The SMILES string of the molecule is C1=CC2c3cc(OCCC4CCCCC4)ccc3NC(c3ccc4ccccc4c3)C2C1. The van der Waals surface area contributed by atoms with E-state index in [1.165, 1.54) is 66.1 Å². The van der Waals surface area contributed by atoms with E-state index >= 15 is 0 Å². The van der Waals surface area contributed by atoms with Gasteiger partial charge in [0, 0.05) is 11.6 Å². The molecule has 164 valence electrons. The van der Waals surface area contributed by atoms with Gasteiger partial charge in [0.15, 0.2) is 0 Å². The lowest BCUT2D eigenvalue weighted by Gasteiger charge is -2.37. The fourth-order valence-corrected chi connectivity index (χ4v) is 6.21. The molecule has 3 aliphatic rings. The molecule has 3 aromatic rings. The van der Waals surface area contributed by atoms with Crippen LogP contribution < -0.4 is 10.1 Å². The summed E-state index contributed by atoms with van der Waals surface area (Å²) in [6.07, 6.45) is 14.1. The van der Waals surface area contributed by atoms with Crippen LogP contribution in [-0.2, 0) is 0 Å². The Morgan fingerprint density at radius 1 is 0.875 bits per heavy atom. The van der Waals surface area contributed by atoms with E-state index in [-0.39, 0.29) is 0 Å². The van der Waals surface area contributed by atoms with Crippen molar-refractivity contribution in [3.63, 3.8) is 0 Å². The molecule has 2 aliphatic carbocycles. The highest BCUT2D eigenvalue weighted by Gasteiger charge is 2.38. The van der Waals surface area contributed by atoms with E-state index in [4.69, 9.17) is 4.74 Å². The highest BCUT2D eigenvalue weighted by Crippen LogP contribution is 2.50. The van der Waals surface area contributed by atoms with E-state index in [1.54, 1.807) is 0 Å². The molecule has 0 spiro atoms. The second-order valence-electron chi connectivity index (χ2n) is 9.97. The Hall–Kier alpha value is -2.74. The van der Waals surface area contributed by atoms with Crippen LogP contribution in [-0.4, -0.2) is 6.61 Å². The number of ether oxygens (including phenoxy) is 1. The molecule has 1 fully saturated rings. The Balaban J connectivity index is 1.21. The Morgan fingerprint density at radius 3 is 2.66 bits per heavy atom. The number of nitrogens with one attached hydrogen (secondary N) is 1. The molecule has 6 rings (SSSR count). The van der Waals surface area contributed by atoms with Gasteiger partial charge in [-0.1, -0.05) is 80.7 Å². The summed E-state index contributed by atoms with van der Waals surface area (Å²) in [5.41, 5.74) is 4.05. The summed E-state index contributed by atoms with van der Waals surface area (Å²) in [5.74, 6) is 2.92. The van der Waals surface area contributed by atoms with E-state index in [0.717, 1.165) is 24.7 Å². The third kappa shape index (κ3) is 3.81. The summed E-state index contributed by atoms with van der Waals surface area (Å²) in [7, 11) is 0. The van der Waals surface area contributed by atoms with Crippen molar-refractivity contribution in [2.45, 2.75) is 56.9 Å². The van der Waals surface area contributed by atoms with Gasteiger partial charge < -0.3 is 10.1 Å². The normalized spacial score (nSPS) is 24.7. The number of rotatable bonds is 5. The van der Waals surface area contributed by atoms with Crippen LogP contribution in [0.25, 0.3) is 10.8 Å². The first kappa shape index (κ1) is 19.9. The molecule has 3 atom stereocenters. The monoisotopic (exact) mass is 423 g/mol. The van der Waals surface area contributed by atoms with Crippen LogP contribution in [0.3, 0.4) is 0 Å². The first-order valence-electron chi connectivity index (χ1n) is 12.5. The van der Waals surface area contributed by atoms with Gasteiger partial charge in [-0.25, -0.2) is 0 Å². The number of hydrogen-bond acceptors (Lipinski definition) is 2. The third-order valence-corrected chi connectivity index (χ3v) is 7.99. The fraction of sp³-hybridized carbons (Fsp3) is 0.400. The third-order valence-electron chi connectivity index (χ3n) is 7.99. The fourth-order valence-electron chi connectivity index (χ4n) is 6.21. The molecule has 0 saturated heterocycles. The molecule has 1 saturated carbocycles. The highest BCUT2D eigenvalue weighted by atomic mass is 16.5. The van der Waals surface area contributed by atoms with E-state index in [2.05, 4.69) is 78.1 Å². The molecule has 0 radical (unpaired) electrons. The minimum Gasteiger partial charge on any atom is -0.494 e. The van der Waals surface area contributed by atoms with Crippen LogP contribution in [0.1, 0.15) is 68.0 Å². The van der Waals surface area contributed by atoms with Crippen molar-refractivity contribution in [3.05, 3.63) is 83.9 Å². The second kappa shape index (κ2) is 8.65. The molecule has 0 bridgehead atoms. The van der Waals surface area contributed by atoms with E-state index in [0.29, 0.717) is 17.9 Å². The quantitative estimate of drug-likeness (QED) is 0.420. The van der Waals surface area contributed by atoms with E-state index in [1.807, 2.05) is 0 Å². The van der Waals surface area contributed by atoms with Crippen LogP contribution in [0.5, 0.6) is 5.75 Å². The predicted molar refractivity (Wildman–Crippen MR) is 133 cm³/mol. The maximum atomic E-state index is 6.23. The molecule has 1 heterocycles. The molecule has 3 unspecified atom stereocenters. The second-order valence-corrected chi connectivity index (χ2v) is 9.97. The molecule has 0 amide bonds. The van der Waals surface area contributed by atoms with Crippen molar-refractivity contribution in [1.82, 2.24) is 0 Å². The summed E-state index contributed by atoms with van der Waals surface area (Å²) < 4.78 is 6.23. The predicted octanol–water partition coefficient (Wildman–Crippen LogP) is 8.02. The van der Waals surface area contributed by atoms with Crippen LogP contribution in [0, 0.1) is 11.8 Å². The highest BCUT2D eigenvalue weighted by molar-refractivity contribution is 5.83. The molecule has 1 aliphatic heterocycles. The Labute approximate surface area is 191 Å². The first-order valence-corrected chi connectivity index (χ1v) is 12.5. The Kier molecular flexibility index (Phi) is 5.38. The molecule has 0 aromatic heterocycles. The van der Waals surface area contributed by atoms with E-state index < -0.39 is 0 Å². The molecule has 3 aromatic carbocycles. The lowest BCUT2D eigenvalue weighted by atomic mass is 9.77. The summed E-state index contributed by atoms with van der Waals surface area (Å²) >= 11 is 0. The van der Waals surface area contributed by atoms with Crippen LogP contribution >= 0.6 is 0 Å². The maximum Gasteiger partial charge on any atom is 0.119 e. The average molecular weight is 424 g/mol. The van der Waals surface area contributed by atoms with Crippen LogP contribution in [0.15, 0.2) is 72.8 Å². The maximum absolute atomic E-state index is 6.23. The van der Waals surface area contributed by atoms with Gasteiger partial charge in [0.2, 0.25) is 0 Å². The molecular weight excluding hydrogens is 390 g/mol. The molecular formula is C30H33NO. The van der Waals surface area contributed by atoms with Crippen molar-refractivity contribution < 1.29 is 4.74 Å². The largest absolute Gasteiger partial charge is 0.494 e. The van der Waals surface area contributed by atoms with Crippen molar-refractivity contribution in [2.24, 2.45) is 11.8 Å². The minimum atomic E-state index is 0.338. The first-order chi connectivity index (χ1) is 15.8.